The van der Waals surface area contributed by atoms with E-state index in [1.807, 2.05) is 6.07 Å². The zero-order chi connectivity index (χ0) is 18.0. The summed E-state index contributed by atoms with van der Waals surface area (Å²) >= 11 is 0. The van der Waals surface area contributed by atoms with Crippen molar-refractivity contribution >= 4 is 29.9 Å². The molecule has 0 aliphatic carbocycles. The van der Waals surface area contributed by atoms with Gasteiger partial charge in [-0.25, -0.2) is 0 Å². The number of unbranched alkanes of at least 4 members (excludes halogenated alkanes) is 1. The van der Waals surface area contributed by atoms with Crippen molar-refractivity contribution in [1.29, 1.82) is 0 Å². The Morgan fingerprint density at radius 3 is 2.56 bits per heavy atom. The molecule has 2 fully saturated rings. The second kappa shape index (κ2) is 12.6. The number of rotatable bonds is 8. The minimum absolute atomic E-state index is 0. The van der Waals surface area contributed by atoms with Crippen molar-refractivity contribution in [3.05, 3.63) is 18.0 Å². The van der Waals surface area contributed by atoms with Crippen molar-refractivity contribution < 1.29 is 4.52 Å². The third kappa shape index (κ3) is 7.57. The summed E-state index contributed by atoms with van der Waals surface area (Å²) in [5, 5.41) is 7.47. The first-order valence-corrected chi connectivity index (χ1v) is 10.2. The number of aliphatic imine (C=N–C) groups is 1. The molecule has 0 aromatic carbocycles. The van der Waals surface area contributed by atoms with Crippen molar-refractivity contribution in [2.45, 2.75) is 39.2 Å². The Labute approximate surface area is 180 Å². The molecule has 2 aliphatic heterocycles. The van der Waals surface area contributed by atoms with Crippen LogP contribution in [-0.2, 0) is 6.54 Å². The summed E-state index contributed by atoms with van der Waals surface area (Å²) < 4.78 is 4.92. The van der Waals surface area contributed by atoms with Gasteiger partial charge in [0.1, 0.15) is 6.26 Å². The van der Waals surface area contributed by atoms with Crippen LogP contribution in [0.1, 0.15) is 38.3 Å². The number of hydrogen-bond donors (Lipinski definition) is 1. The normalized spacial score (nSPS) is 19.3. The first-order chi connectivity index (χ1) is 12.8. The molecule has 2 saturated heterocycles. The van der Waals surface area contributed by atoms with E-state index in [9.17, 15) is 0 Å². The second-order valence-electron chi connectivity index (χ2n) is 7.25. The summed E-state index contributed by atoms with van der Waals surface area (Å²) in [6, 6.07) is 1.94. The van der Waals surface area contributed by atoms with E-state index in [-0.39, 0.29) is 24.0 Å². The fourth-order valence-corrected chi connectivity index (χ4v) is 3.73. The number of halogens is 1. The van der Waals surface area contributed by atoms with Crippen molar-refractivity contribution in [2.24, 2.45) is 4.99 Å². The molecule has 8 heteroatoms. The van der Waals surface area contributed by atoms with Gasteiger partial charge in [0.25, 0.3) is 0 Å². The van der Waals surface area contributed by atoms with Crippen LogP contribution in [0.15, 0.2) is 21.8 Å². The van der Waals surface area contributed by atoms with Crippen LogP contribution in [0.25, 0.3) is 0 Å². The van der Waals surface area contributed by atoms with Crippen molar-refractivity contribution in [2.75, 3.05) is 58.9 Å². The Kier molecular flexibility index (Phi) is 10.4. The minimum Gasteiger partial charge on any atom is -0.364 e. The summed E-state index contributed by atoms with van der Waals surface area (Å²) in [5.74, 6) is 1.08. The molecule has 3 heterocycles. The molecule has 0 radical (unpaired) electrons. The van der Waals surface area contributed by atoms with Crippen LogP contribution in [0.3, 0.4) is 0 Å². The van der Waals surface area contributed by atoms with E-state index < -0.39 is 0 Å². The molecule has 0 saturated carbocycles. The highest BCUT2D eigenvalue weighted by molar-refractivity contribution is 14.0. The predicted octanol–water partition coefficient (Wildman–Crippen LogP) is 2.25. The van der Waals surface area contributed by atoms with Gasteiger partial charge in [0.15, 0.2) is 5.96 Å². The Hall–Kier alpha value is -0.870. The second-order valence-corrected chi connectivity index (χ2v) is 7.25. The van der Waals surface area contributed by atoms with Gasteiger partial charge in [-0.1, -0.05) is 5.16 Å². The van der Waals surface area contributed by atoms with E-state index in [0.29, 0.717) is 0 Å². The Morgan fingerprint density at radius 1 is 1.11 bits per heavy atom. The summed E-state index contributed by atoms with van der Waals surface area (Å²) in [6.45, 7) is 12.8. The molecule has 0 spiro atoms. The molecular weight excluding hydrogens is 455 g/mol. The van der Waals surface area contributed by atoms with Crippen LogP contribution in [0.2, 0.25) is 0 Å². The first kappa shape index (κ1) is 22.4. The molecule has 3 rings (SSSR count). The summed E-state index contributed by atoms with van der Waals surface area (Å²) in [4.78, 5) is 12.3. The van der Waals surface area contributed by atoms with E-state index in [2.05, 4.69) is 32.1 Å². The van der Waals surface area contributed by atoms with Crippen LogP contribution in [0.4, 0.5) is 0 Å². The lowest BCUT2D eigenvalue weighted by atomic mass is 10.3. The highest BCUT2D eigenvalue weighted by Crippen LogP contribution is 2.09. The van der Waals surface area contributed by atoms with E-state index in [1.165, 1.54) is 45.3 Å². The van der Waals surface area contributed by atoms with Gasteiger partial charge in [0, 0.05) is 51.9 Å². The monoisotopic (exact) mass is 490 g/mol. The van der Waals surface area contributed by atoms with Gasteiger partial charge >= 0.3 is 0 Å². The lowest BCUT2D eigenvalue weighted by molar-refractivity contribution is 0.169. The van der Waals surface area contributed by atoms with E-state index in [1.54, 1.807) is 6.26 Å². The lowest BCUT2D eigenvalue weighted by Gasteiger charge is -2.36. The molecule has 1 aromatic heterocycles. The molecule has 1 N–H and O–H groups in total. The van der Waals surface area contributed by atoms with E-state index in [0.717, 1.165) is 57.5 Å². The maximum absolute atomic E-state index is 4.92. The molecule has 0 atom stereocenters. The van der Waals surface area contributed by atoms with E-state index in [4.69, 9.17) is 9.52 Å². The summed E-state index contributed by atoms with van der Waals surface area (Å²) in [7, 11) is 0. The van der Waals surface area contributed by atoms with Crippen molar-refractivity contribution in [3.8, 4) is 0 Å². The number of hydrogen-bond acceptors (Lipinski definition) is 5. The minimum atomic E-state index is 0. The Bertz CT molecular complexity index is 524. The highest BCUT2D eigenvalue weighted by atomic mass is 127. The third-order valence-corrected chi connectivity index (χ3v) is 5.23. The fraction of sp³-hybridized carbons (Fsp3) is 0.789. The van der Waals surface area contributed by atoms with Crippen LogP contribution in [0.5, 0.6) is 0 Å². The number of nitrogens with zero attached hydrogens (tertiary/aromatic N) is 5. The van der Waals surface area contributed by atoms with Crippen molar-refractivity contribution in [1.82, 2.24) is 25.2 Å². The molecule has 7 nitrogen and oxygen atoms in total. The smallest absolute Gasteiger partial charge is 0.194 e. The highest BCUT2D eigenvalue weighted by Gasteiger charge is 2.20. The Morgan fingerprint density at radius 2 is 1.89 bits per heavy atom. The van der Waals surface area contributed by atoms with Gasteiger partial charge in [-0.3, -0.25) is 9.89 Å². The molecule has 0 amide bonds. The first-order valence-electron chi connectivity index (χ1n) is 10.2. The average Bonchev–Trinajstić information content (AvgIpc) is 3.35. The number of nitrogens with one attached hydrogen (secondary N) is 1. The molecular formula is C19H35IN6O. The van der Waals surface area contributed by atoms with Gasteiger partial charge in [0.05, 0.1) is 5.69 Å². The van der Waals surface area contributed by atoms with Crippen molar-refractivity contribution in [3.63, 3.8) is 0 Å². The molecule has 154 valence electrons. The summed E-state index contributed by atoms with van der Waals surface area (Å²) in [5.41, 5.74) is 1.01. The number of guanidine groups is 1. The number of piperazine rings is 1. The standard InChI is InChI=1S/C19H34N6O.HI/c1-2-20-19(21-8-3-4-9-23-10-5-6-11-23)25-14-12-24(13-15-25)17-18-7-16-26-22-18;/h7,16H,2-6,8-15,17H2,1H3,(H,20,21);1H. The zero-order valence-corrected chi connectivity index (χ0v) is 18.9. The summed E-state index contributed by atoms with van der Waals surface area (Å²) in [6.07, 6.45) is 6.84. The van der Waals surface area contributed by atoms with Gasteiger partial charge in [0.2, 0.25) is 0 Å². The van der Waals surface area contributed by atoms with Gasteiger partial charge in [-0.2, -0.15) is 0 Å². The van der Waals surface area contributed by atoms with Gasteiger partial charge < -0.3 is 19.6 Å². The molecule has 0 bridgehead atoms. The van der Waals surface area contributed by atoms with Crippen LogP contribution >= 0.6 is 24.0 Å². The quantitative estimate of drug-likeness (QED) is 0.261. The number of likely N-dealkylation sites (tertiary alicyclic amines) is 1. The maximum Gasteiger partial charge on any atom is 0.194 e. The predicted molar refractivity (Wildman–Crippen MR) is 120 cm³/mol. The molecule has 27 heavy (non-hydrogen) atoms. The molecule has 0 unspecified atom stereocenters. The zero-order valence-electron chi connectivity index (χ0n) is 16.6. The topological polar surface area (TPSA) is 60.1 Å². The number of aromatic nitrogens is 1. The van der Waals surface area contributed by atoms with Crippen LogP contribution < -0.4 is 5.32 Å². The molecule has 1 aromatic rings. The largest absolute Gasteiger partial charge is 0.364 e. The van der Waals surface area contributed by atoms with Crippen LogP contribution in [-0.4, -0.2) is 84.7 Å². The molecule has 2 aliphatic rings. The third-order valence-electron chi connectivity index (χ3n) is 5.23. The SMILES string of the molecule is CCNC(=NCCCCN1CCCC1)N1CCN(Cc2ccon2)CC1.I. The Balaban J connectivity index is 0.00000261. The fourth-order valence-electron chi connectivity index (χ4n) is 3.73. The van der Waals surface area contributed by atoms with Gasteiger partial charge in [-0.15, -0.1) is 24.0 Å². The maximum atomic E-state index is 4.92. The average molecular weight is 490 g/mol. The van der Waals surface area contributed by atoms with Crippen LogP contribution in [0, 0.1) is 0 Å². The van der Waals surface area contributed by atoms with E-state index >= 15 is 0 Å². The lowest BCUT2D eigenvalue weighted by Crippen LogP contribution is -2.52. The van der Waals surface area contributed by atoms with Gasteiger partial charge in [-0.05, 0) is 52.2 Å².